The Bertz CT molecular complexity index is 1820. The van der Waals surface area contributed by atoms with E-state index in [1.54, 1.807) is 0 Å². The Kier molecular flexibility index (Phi) is 8.46. The van der Waals surface area contributed by atoms with Crippen molar-refractivity contribution in [2.45, 2.75) is 59.2 Å². The van der Waals surface area contributed by atoms with E-state index < -0.39 is 0 Å². The Morgan fingerprint density at radius 3 is 1.13 bits per heavy atom. The van der Waals surface area contributed by atoms with Gasteiger partial charge in [0, 0.05) is 17.5 Å². The van der Waals surface area contributed by atoms with Gasteiger partial charge in [-0.15, -0.1) is 0 Å². The summed E-state index contributed by atoms with van der Waals surface area (Å²) in [6.45, 7) is 8.82. The van der Waals surface area contributed by atoms with Crippen molar-refractivity contribution in [2.24, 2.45) is 0 Å². The molecule has 1 fully saturated rings. The van der Waals surface area contributed by atoms with E-state index in [4.69, 9.17) is 9.47 Å². The molecule has 7 rings (SSSR count). The summed E-state index contributed by atoms with van der Waals surface area (Å²) < 4.78 is 13.9. The van der Waals surface area contributed by atoms with Crippen LogP contribution in [-0.2, 0) is 0 Å². The van der Waals surface area contributed by atoms with Crippen molar-refractivity contribution in [1.82, 2.24) is 0 Å². The molecule has 0 spiro atoms. The standard InChI is InChI=1S/C41H40O2P2/c1-26-13-5-9-17-32(26)36-24-44-40(38(36)34-19-11-7-15-28(34)3)42-30-21-22-31(23-30)43-41-39(35-20-12-8-16-29(35)4)37(25-45-41)33-18-10-6-14-27(33)2/h5-20,24-25,30-31,44-45H,21-23H2,1-4H3. The molecular weight excluding hydrogens is 586 g/mol. The van der Waals surface area contributed by atoms with Crippen molar-refractivity contribution >= 4 is 16.4 Å². The molecule has 4 aromatic carbocycles. The van der Waals surface area contributed by atoms with Gasteiger partial charge in [-0.05, 0) is 108 Å². The van der Waals surface area contributed by atoms with E-state index in [0.29, 0.717) is 16.4 Å². The van der Waals surface area contributed by atoms with Gasteiger partial charge in [0.1, 0.15) is 23.2 Å². The van der Waals surface area contributed by atoms with Crippen LogP contribution in [0.2, 0.25) is 0 Å². The highest BCUT2D eigenvalue weighted by Crippen LogP contribution is 2.51. The van der Waals surface area contributed by atoms with Crippen LogP contribution in [0, 0.1) is 27.7 Å². The van der Waals surface area contributed by atoms with E-state index in [9.17, 15) is 0 Å². The minimum absolute atomic E-state index is 0.150. The number of aryl methyl sites for hydroxylation is 4. The van der Waals surface area contributed by atoms with Crippen LogP contribution in [0.5, 0.6) is 11.0 Å². The molecule has 2 nitrogen and oxygen atoms in total. The first-order valence-corrected chi connectivity index (χ1v) is 18.1. The average Bonchev–Trinajstić information content (AvgIpc) is 3.78. The Balaban J connectivity index is 1.17. The fourth-order valence-corrected chi connectivity index (χ4v) is 9.31. The molecule has 4 heteroatoms. The zero-order valence-corrected chi connectivity index (χ0v) is 28.5. The summed E-state index contributed by atoms with van der Waals surface area (Å²) in [4.78, 5) is 0. The van der Waals surface area contributed by atoms with Crippen LogP contribution in [0.1, 0.15) is 41.5 Å². The highest BCUT2D eigenvalue weighted by Gasteiger charge is 2.31. The van der Waals surface area contributed by atoms with E-state index in [2.05, 4.69) is 136 Å². The molecule has 226 valence electrons. The van der Waals surface area contributed by atoms with Gasteiger partial charge in [-0.3, -0.25) is 0 Å². The molecule has 0 amide bonds. The number of hydrogen-bond donors (Lipinski definition) is 0. The van der Waals surface area contributed by atoms with Crippen LogP contribution in [0.15, 0.2) is 109 Å². The maximum atomic E-state index is 6.95. The lowest BCUT2D eigenvalue weighted by atomic mass is 9.93. The minimum Gasteiger partial charge on any atom is -0.486 e. The van der Waals surface area contributed by atoms with Gasteiger partial charge in [0.15, 0.2) is 0 Å². The largest absolute Gasteiger partial charge is 0.486 e. The topological polar surface area (TPSA) is 18.5 Å². The quantitative estimate of drug-likeness (QED) is 0.167. The number of rotatable bonds is 8. The monoisotopic (exact) mass is 626 g/mol. The van der Waals surface area contributed by atoms with E-state index in [0.717, 1.165) is 30.2 Å². The Labute approximate surface area is 270 Å². The normalized spacial score (nSPS) is 16.5. The summed E-state index contributed by atoms with van der Waals surface area (Å²) in [6, 6.07) is 34.9. The summed E-state index contributed by atoms with van der Waals surface area (Å²) in [5.41, 5.74) is 17.7. The Hall–Kier alpha value is -3.96. The fraction of sp³-hybridized carbons (Fsp3) is 0.220. The molecule has 1 aliphatic carbocycles. The van der Waals surface area contributed by atoms with Gasteiger partial charge in [-0.25, -0.2) is 0 Å². The third-order valence-corrected chi connectivity index (χ3v) is 11.4. The van der Waals surface area contributed by atoms with E-state index >= 15 is 0 Å². The van der Waals surface area contributed by atoms with Crippen LogP contribution in [0.3, 0.4) is 0 Å². The third-order valence-electron chi connectivity index (χ3n) is 9.29. The van der Waals surface area contributed by atoms with Crippen molar-refractivity contribution in [2.75, 3.05) is 0 Å². The second-order valence-corrected chi connectivity index (χ2v) is 14.4. The lowest BCUT2D eigenvalue weighted by molar-refractivity contribution is 0.173. The molecule has 45 heavy (non-hydrogen) atoms. The summed E-state index contributed by atoms with van der Waals surface area (Å²) in [6.07, 6.45) is 3.22. The average molecular weight is 627 g/mol. The molecule has 0 N–H and O–H groups in total. The molecule has 2 aromatic heterocycles. The van der Waals surface area contributed by atoms with Crippen LogP contribution < -0.4 is 9.47 Å². The van der Waals surface area contributed by atoms with E-state index in [1.165, 1.54) is 66.8 Å². The second kappa shape index (κ2) is 12.8. The predicted molar refractivity (Wildman–Crippen MR) is 195 cm³/mol. The fourth-order valence-electron chi connectivity index (χ4n) is 6.86. The van der Waals surface area contributed by atoms with Gasteiger partial charge in [0.25, 0.3) is 0 Å². The number of ether oxygens (including phenoxy) is 2. The molecular formula is C41H40O2P2. The predicted octanol–water partition coefficient (Wildman–Crippen LogP) is 12.0. The molecule has 0 aliphatic heterocycles. The first-order chi connectivity index (χ1) is 22.0. The molecule has 0 saturated heterocycles. The van der Waals surface area contributed by atoms with Gasteiger partial charge in [0.2, 0.25) is 0 Å². The Morgan fingerprint density at radius 2 is 0.778 bits per heavy atom. The van der Waals surface area contributed by atoms with Crippen molar-refractivity contribution in [1.29, 1.82) is 0 Å². The molecule has 1 saturated carbocycles. The lowest BCUT2D eigenvalue weighted by Crippen LogP contribution is -2.17. The van der Waals surface area contributed by atoms with Crippen LogP contribution in [0.4, 0.5) is 0 Å². The summed E-state index contributed by atoms with van der Waals surface area (Å²) >= 11 is 0. The third kappa shape index (κ3) is 5.91. The van der Waals surface area contributed by atoms with Gasteiger partial charge >= 0.3 is 0 Å². The zero-order chi connectivity index (χ0) is 30.9. The SMILES string of the molecule is Cc1ccccc1-c1c[pH]c(OC2CCC(Oc3[pH]cc(-c4ccccc4C)c3-c3ccccc3C)C2)c1-c1ccccc1C. The first-order valence-electron chi connectivity index (χ1n) is 16.0. The van der Waals surface area contributed by atoms with Crippen LogP contribution >= 0.6 is 16.4 Å². The van der Waals surface area contributed by atoms with Gasteiger partial charge in [-0.1, -0.05) is 113 Å². The van der Waals surface area contributed by atoms with Crippen LogP contribution in [0.25, 0.3) is 44.5 Å². The molecule has 2 heterocycles. The number of hydrogen-bond acceptors (Lipinski definition) is 2. The molecule has 4 atom stereocenters. The first kappa shape index (κ1) is 29.7. The van der Waals surface area contributed by atoms with Gasteiger partial charge < -0.3 is 9.47 Å². The molecule has 6 aromatic rings. The van der Waals surface area contributed by atoms with Crippen molar-refractivity contribution < 1.29 is 9.47 Å². The molecule has 4 unspecified atom stereocenters. The summed E-state index contributed by atoms with van der Waals surface area (Å²) in [7, 11) is 1.04. The van der Waals surface area contributed by atoms with Crippen molar-refractivity contribution in [3.8, 4) is 55.5 Å². The maximum absolute atomic E-state index is 6.95. The van der Waals surface area contributed by atoms with E-state index in [1.807, 2.05) is 0 Å². The summed E-state index contributed by atoms with van der Waals surface area (Å²) in [5.74, 6) is 4.78. The van der Waals surface area contributed by atoms with Gasteiger partial charge in [-0.2, -0.15) is 0 Å². The minimum atomic E-state index is 0.150. The highest BCUT2D eigenvalue weighted by atomic mass is 31.0. The zero-order valence-electron chi connectivity index (χ0n) is 26.5. The van der Waals surface area contributed by atoms with Crippen LogP contribution in [-0.4, -0.2) is 12.2 Å². The van der Waals surface area contributed by atoms with Crippen molar-refractivity contribution in [3.63, 3.8) is 0 Å². The Morgan fingerprint density at radius 1 is 0.444 bits per heavy atom. The smallest absolute Gasteiger partial charge is 0.143 e. The number of benzene rings is 4. The molecule has 1 aliphatic rings. The maximum Gasteiger partial charge on any atom is 0.143 e. The molecule has 0 radical (unpaired) electrons. The summed E-state index contributed by atoms with van der Waals surface area (Å²) in [5, 5.41) is 0. The lowest BCUT2D eigenvalue weighted by Gasteiger charge is -2.19. The van der Waals surface area contributed by atoms with E-state index in [-0.39, 0.29) is 12.2 Å². The van der Waals surface area contributed by atoms with Crippen molar-refractivity contribution in [3.05, 3.63) is 131 Å². The second-order valence-electron chi connectivity index (χ2n) is 12.4. The molecule has 0 bridgehead atoms. The van der Waals surface area contributed by atoms with Gasteiger partial charge in [0.05, 0.1) is 0 Å². The highest BCUT2D eigenvalue weighted by molar-refractivity contribution is 7.33.